The van der Waals surface area contributed by atoms with Gasteiger partial charge in [-0.05, 0) is 6.92 Å². The Morgan fingerprint density at radius 1 is 1.69 bits per heavy atom. The summed E-state index contributed by atoms with van der Waals surface area (Å²) in [5.74, 6) is 0. The van der Waals surface area contributed by atoms with Crippen molar-refractivity contribution < 1.29 is 14.6 Å². The van der Waals surface area contributed by atoms with Crippen LogP contribution in [0.1, 0.15) is 6.92 Å². The van der Waals surface area contributed by atoms with Crippen molar-refractivity contribution in [1.82, 2.24) is 9.55 Å². The summed E-state index contributed by atoms with van der Waals surface area (Å²) in [6.45, 7) is 1.49. The van der Waals surface area contributed by atoms with Gasteiger partial charge in [-0.25, -0.2) is 4.79 Å². The predicted molar refractivity (Wildman–Crippen MR) is 52.9 cm³/mol. The van der Waals surface area contributed by atoms with Gasteiger partial charge in [0.25, 0.3) is 5.56 Å². The van der Waals surface area contributed by atoms with E-state index in [1.165, 1.54) is 16.8 Å². The lowest BCUT2D eigenvalue weighted by molar-refractivity contribution is -0.134. The lowest BCUT2D eigenvalue weighted by Crippen LogP contribution is -2.43. The highest BCUT2D eigenvalue weighted by Crippen LogP contribution is 2.25. The van der Waals surface area contributed by atoms with Crippen LogP contribution in [-0.2, 0) is 15.2 Å². The maximum atomic E-state index is 11.5. The minimum absolute atomic E-state index is 0.129. The standard InChI is InChI=1S/C9H12N2O5/c1-9(5-15-7(4-12)16-9)11-3-2-6(13)10-8(11)14/h2-3,7,12H,4-5H2,1H3,(H,10,13,14)/t7-,9+/m0/s1. The van der Waals surface area contributed by atoms with Gasteiger partial charge < -0.3 is 14.6 Å². The summed E-state index contributed by atoms with van der Waals surface area (Å²) < 4.78 is 11.7. The number of rotatable bonds is 2. The van der Waals surface area contributed by atoms with E-state index in [1.54, 1.807) is 6.92 Å². The molecule has 0 spiro atoms. The quantitative estimate of drug-likeness (QED) is 0.647. The summed E-state index contributed by atoms with van der Waals surface area (Å²) in [7, 11) is 0. The largest absolute Gasteiger partial charge is 0.391 e. The van der Waals surface area contributed by atoms with Crippen LogP contribution >= 0.6 is 0 Å². The van der Waals surface area contributed by atoms with Crippen molar-refractivity contribution in [3.8, 4) is 0 Å². The van der Waals surface area contributed by atoms with Crippen LogP contribution in [0.4, 0.5) is 0 Å². The molecule has 1 aliphatic heterocycles. The van der Waals surface area contributed by atoms with Gasteiger partial charge in [-0.3, -0.25) is 14.3 Å². The van der Waals surface area contributed by atoms with E-state index in [2.05, 4.69) is 4.98 Å². The second-order valence-corrected chi connectivity index (χ2v) is 3.70. The van der Waals surface area contributed by atoms with Crippen LogP contribution in [0.5, 0.6) is 0 Å². The molecule has 88 valence electrons. The van der Waals surface area contributed by atoms with Crippen molar-refractivity contribution in [3.05, 3.63) is 33.1 Å². The summed E-state index contributed by atoms with van der Waals surface area (Å²) in [5, 5.41) is 8.86. The molecule has 0 aliphatic carbocycles. The number of nitrogens with zero attached hydrogens (tertiary/aromatic N) is 1. The maximum Gasteiger partial charge on any atom is 0.330 e. The second-order valence-electron chi connectivity index (χ2n) is 3.70. The fourth-order valence-electron chi connectivity index (χ4n) is 1.60. The predicted octanol–water partition coefficient (Wildman–Crippen LogP) is -1.43. The van der Waals surface area contributed by atoms with E-state index in [9.17, 15) is 9.59 Å². The SMILES string of the molecule is C[C@]1(n2ccc(=O)[nH]c2=O)CO[C@H](CO)O1. The molecule has 0 aromatic carbocycles. The van der Waals surface area contributed by atoms with Gasteiger partial charge in [0.05, 0.1) is 13.2 Å². The van der Waals surface area contributed by atoms with Crippen LogP contribution < -0.4 is 11.2 Å². The van der Waals surface area contributed by atoms with Crippen molar-refractivity contribution in [1.29, 1.82) is 0 Å². The highest BCUT2D eigenvalue weighted by atomic mass is 16.7. The number of H-pyrrole nitrogens is 1. The van der Waals surface area contributed by atoms with Gasteiger partial charge in [0.1, 0.15) is 0 Å². The highest BCUT2D eigenvalue weighted by Gasteiger charge is 2.39. The molecular weight excluding hydrogens is 216 g/mol. The zero-order chi connectivity index (χ0) is 11.8. The van der Waals surface area contributed by atoms with Gasteiger partial charge in [0, 0.05) is 12.3 Å². The summed E-state index contributed by atoms with van der Waals surface area (Å²) in [6.07, 6.45) is 0.591. The van der Waals surface area contributed by atoms with Gasteiger partial charge in [-0.15, -0.1) is 0 Å². The average Bonchev–Trinajstić information content (AvgIpc) is 2.61. The topological polar surface area (TPSA) is 93.6 Å². The Hall–Kier alpha value is -1.44. The Morgan fingerprint density at radius 3 is 3.00 bits per heavy atom. The molecule has 2 heterocycles. The minimum Gasteiger partial charge on any atom is -0.391 e. The Kier molecular flexibility index (Phi) is 2.66. The van der Waals surface area contributed by atoms with Crippen LogP contribution in [0, 0.1) is 0 Å². The van der Waals surface area contributed by atoms with Crippen molar-refractivity contribution in [2.45, 2.75) is 18.9 Å². The third kappa shape index (κ3) is 1.80. The first kappa shape index (κ1) is 11.1. The molecular formula is C9H12N2O5. The molecule has 0 amide bonds. The molecule has 16 heavy (non-hydrogen) atoms. The number of hydrogen-bond donors (Lipinski definition) is 2. The van der Waals surface area contributed by atoms with Crippen molar-refractivity contribution in [3.63, 3.8) is 0 Å². The first-order chi connectivity index (χ1) is 7.55. The third-order valence-corrected chi connectivity index (χ3v) is 2.40. The fraction of sp³-hybridized carbons (Fsp3) is 0.556. The van der Waals surface area contributed by atoms with E-state index in [0.29, 0.717) is 0 Å². The van der Waals surface area contributed by atoms with Crippen LogP contribution in [0.3, 0.4) is 0 Å². The summed E-state index contributed by atoms with van der Waals surface area (Å²) in [5.41, 5.74) is -2.05. The van der Waals surface area contributed by atoms with E-state index in [1.807, 2.05) is 0 Å². The summed E-state index contributed by atoms with van der Waals surface area (Å²) >= 11 is 0. The Labute approximate surface area is 90.2 Å². The molecule has 1 aliphatic rings. The van der Waals surface area contributed by atoms with E-state index in [4.69, 9.17) is 14.6 Å². The molecule has 2 atom stereocenters. The number of ether oxygens (including phenoxy) is 2. The third-order valence-electron chi connectivity index (χ3n) is 2.40. The fourth-order valence-corrected chi connectivity index (χ4v) is 1.60. The molecule has 0 saturated carbocycles. The molecule has 0 unspecified atom stereocenters. The van der Waals surface area contributed by atoms with Crippen LogP contribution in [0.15, 0.2) is 21.9 Å². The van der Waals surface area contributed by atoms with Gasteiger partial charge >= 0.3 is 5.69 Å². The normalized spacial score (nSPS) is 29.5. The molecule has 1 saturated heterocycles. The Morgan fingerprint density at radius 2 is 2.44 bits per heavy atom. The van der Waals surface area contributed by atoms with Gasteiger partial charge in [0.15, 0.2) is 12.0 Å². The van der Waals surface area contributed by atoms with E-state index < -0.39 is 23.3 Å². The van der Waals surface area contributed by atoms with Gasteiger partial charge in [-0.2, -0.15) is 0 Å². The summed E-state index contributed by atoms with van der Waals surface area (Å²) in [6, 6.07) is 1.22. The number of aromatic nitrogens is 2. The Bertz CT molecular complexity index is 493. The number of aliphatic hydroxyl groups excluding tert-OH is 1. The molecule has 0 radical (unpaired) electrons. The molecule has 7 nitrogen and oxygen atoms in total. The van der Waals surface area contributed by atoms with Crippen molar-refractivity contribution >= 4 is 0 Å². The molecule has 2 N–H and O–H groups in total. The first-order valence-electron chi connectivity index (χ1n) is 4.78. The number of hydrogen-bond acceptors (Lipinski definition) is 5. The van der Waals surface area contributed by atoms with Crippen LogP contribution in [-0.4, -0.2) is 34.2 Å². The van der Waals surface area contributed by atoms with Crippen LogP contribution in [0.25, 0.3) is 0 Å². The van der Waals surface area contributed by atoms with Crippen molar-refractivity contribution in [2.75, 3.05) is 13.2 Å². The van der Waals surface area contributed by atoms with Gasteiger partial charge in [-0.1, -0.05) is 0 Å². The second kappa shape index (κ2) is 3.85. The molecule has 1 aromatic heterocycles. The minimum atomic E-state index is -1.01. The number of nitrogens with one attached hydrogen (secondary N) is 1. The van der Waals surface area contributed by atoms with Gasteiger partial charge in [0.2, 0.25) is 0 Å². The van der Waals surface area contributed by atoms with E-state index in [0.717, 1.165) is 0 Å². The molecule has 1 aromatic rings. The summed E-state index contributed by atoms with van der Waals surface area (Å²) in [4.78, 5) is 24.6. The lowest BCUT2D eigenvalue weighted by Gasteiger charge is -2.24. The van der Waals surface area contributed by atoms with E-state index in [-0.39, 0.29) is 13.2 Å². The zero-order valence-corrected chi connectivity index (χ0v) is 8.67. The molecule has 0 bridgehead atoms. The van der Waals surface area contributed by atoms with Crippen LogP contribution in [0.2, 0.25) is 0 Å². The maximum absolute atomic E-state index is 11.5. The molecule has 7 heteroatoms. The Balaban J connectivity index is 2.37. The smallest absolute Gasteiger partial charge is 0.330 e. The lowest BCUT2D eigenvalue weighted by atomic mass is 10.3. The number of aliphatic hydroxyl groups is 1. The monoisotopic (exact) mass is 228 g/mol. The first-order valence-corrected chi connectivity index (χ1v) is 4.78. The molecule has 1 fully saturated rings. The zero-order valence-electron chi connectivity index (χ0n) is 8.67. The van der Waals surface area contributed by atoms with E-state index >= 15 is 0 Å². The highest BCUT2D eigenvalue weighted by molar-refractivity contribution is 4.89. The van der Waals surface area contributed by atoms with Crippen molar-refractivity contribution in [2.24, 2.45) is 0 Å². The average molecular weight is 228 g/mol. The molecule has 2 rings (SSSR count). The number of aromatic amines is 1.